The Labute approximate surface area is 372 Å². The number of rotatable bonds is 28. The first-order valence-electron chi connectivity index (χ1n) is 24.0. The average Bonchev–Trinajstić information content (AvgIpc) is 3.21. The van der Waals surface area contributed by atoms with E-state index in [9.17, 15) is 0 Å². The molecule has 12 nitrogen and oxygen atoms in total. The normalized spacial score (nSPS) is 36.1. The molecule has 0 saturated carbocycles. The molecule has 0 aliphatic carbocycles. The summed E-state index contributed by atoms with van der Waals surface area (Å²) in [4.78, 5) is 0. The summed E-state index contributed by atoms with van der Waals surface area (Å²) in [5.41, 5.74) is 0. The van der Waals surface area contributed by atoms with E-state index in [-0.39, 0.29) is 44.9 Å². The fourth-order valence-electron chi connectivity index (χ4n) is 7.58. The van der Waals surface area contributed by atoms with Crippen LogP contribution in [0.15, 0.2) is 85.1 Å². The zero-order chi connectivity index (χ0) is 44.3. The zero-order valence-electron chi connectivity index (χ0n) is 38.9. The molecule has 0 amide bonds. The van der Waals surface area contributed by atoms with Crippen LogP contribution in [0.3, 0.4) is 0 Å². The van der Waals surface area contributed by atoms with Gasteiger partial charge >= 0.3 is 0 Å². The summed E-state index contributed by atoms with van der Waals surface area (Å²) in [6, 6.07) is 0. The number of ether oxygens (including phenoxy) is 12. The molecule has 6 saturated heterocycles. The Hall–Kier alpha value is -2.30. The van der Waals surface area contributed by atoms with Crippen LogP contribution in [0.5, 0.6) is 0 Å². The Morgan fingerprint density at radius 2 is 0.403 bits per heavy atom. The third-order valence-corrected chi connectivity index (χ3v) is 10.6. The molecule has 0 N–H and O–H groups in total. The fraction of sp³-hybridized carbons (Fsp3) is 0.720. The van der Waals surface area contributed by atoms with E-state index < -0.39 is 48.3 Å². The first-order chi connectivity index (χ1) is 30.1. The van der Waals surface area contributed by atoms with Crippen LogP contribution >= 0.6 is 0 Å². The second-order valence-electron chi connectivity index (χ2n) is 16.6. The maximum absolute atomic E-state index is 7.32. The minimum absolute atomic E-state index is 0.0296. The highest BCUT2D eigenvalue weighted by Gasteiger charge is 2.74. The van der Waals surface area contributed by atoms with Crippen molar-refractivity contribution >= 4 is 0 Å². The second kappa shape index (κ2) is 24.3. The lowest BCUT2D eigenvalue weighted by Gasteiger charge is -2.63. The van der Waals surface area contributed by atoms with Crippen molar-refractivity contribution < 1.29 is 56.8 Å². The van der Waals surface area contributed by atoms with E-state index in [1.54, 1.807) is 0 Å². The van der Waals surface area contributed by atoms with Crippen LogP contribution in [0.1, 0.15) is 183 Å². The molecule has 12 heteroatoms. The first kappa shape index (κ1) is 50.7. The molecule has 0 radical (unpaired) electrons. The van der Waals surface area contributed by atoms with Crippen LogP contribution in [-0.2, 0) is 56.8 Å². The molecule has 6 rings (SSSR count). The quantitative estimate of drug-likeness (QED) is 0.0698. The highest BCUT2D eigenvalue weighted by atomic mass is 17.2. The van der Waals surface area contributed by atoms with Crippen molar-refractivity contribution in [1.29, 1.82) is 0 Å². The predicted molar refractivity (Wildman–Crippen MR) is 237 cm³/mol. The van der Waals surface area contributed by atoms with Gasteiger partial charge in [0, 0.05) is 44.9 Å². The topological polar surface area (TPSA) is 111 Å². The van der Waals surface area contributed by atoms with Gasteiger partial charge in [-0.25, -0.2) is 0 Å². The van der Waals surface area contributed by atoms with Crippen LogP contribution in [0.25, 0.3) is 0 Å². The Morgan fingerprint density at radius 3 is 0.581 bits per heavy atom. The standard InChI is InChI=1S/C50H78O12/c1-8-15-22-29-36-44-51-43-52-45(37-30-23-16-9-2)56-47(54-44,39-32-25-18-11-4)60-50(42-35-28-21-14-7)61-48(55-44,40-33-26-19-12-5)57-46(53-43,38-31-24-17-10-3)59-49(58-45,62-50)41-34-27-20-13-6/h22-35,43H,8-21,36-42H2,1-7H3/b29-22+,30-23+,31-24+,32-25+,33-26+,34-27+,35-28+. The maximum atomic E-state index is 7.32. The summed E-state index contributed by atoms with van der Waals surface area (Å²) in [6.07, 6.45) is 40.6. The zero-order valence-corrected chi connectivity index (χ0v) is 38.9. The molecule has 6 aliphatic heterocycles. The van der Waals surface area contributed by atoms with Crippen molar-refractivity contribution in [3.05, 3.63) is 85.1 Å². The second-order valence-corrected chi connectivity index (χ2v) is 16.6. The molecule has 6 aliphatic rings. The van der Waals surface area contributed by atoms with Crippen LogP contribution in [0.4, 0.5) is 0 Å². The van der Waals surface area contributed by atoms with Crippen LogP contribution < -0.4 is 0 Å². The molecule has 0 spiro atoms. The molecular weight excluding hydrogens is 793 g/mol. The minimum atomic E-state index is -2.09. The monoisotopic (exact) mass is 871 g/mol. The molecule has 0 aromatic heterocycles. The van der Waals surface area contributed by atoms with E-state index in [0.29, 0.717) is 0 Å². The van der Waals surface area contributed by atoms with Crippen molar-refractivity contribution in [1.82, 2.24) is 0 Å². The smallest absolute Gasteiger partial charge is 0.271 e. The molecule has 0 aromatic carbocycles. The van der Waals surface area contributed by atoms with Gasteiger partial charge in [0.25, 0.3) is 48.3 Å². The van der Waals surface area contributed by atoms with Gasteiger partial charge < -0.3 is 0 Å². The molecule has 0 atom stereocenters. The third-order valence-electron chi connectivity index (χ3n) is 10.6. The summed E-state index contributed by atoms with van der Waals surface area (Å²) in [5, 5.41) is 0. The van der Waals surface area contributed by atoms with Gasteiger partial charge in [0.1, 0.15) is 0 Å². The van der Waals surface area contributed by atoms with E-state index in [1.165, 1.54) is 0 Å². The van der Waals surface area contributed by atoms with E-state index in [0.717, 1.165) is 89.9 Å². The maximum Gasteiger partial charge on any atom is 0.299 e. The van der Waals surface area contributed by atoms with Gasteiger partial charge in [0.15, 0.2) is 0 Å². The van der Waals surface area contributed by atoms with Crippen molar-refractivity contribution in [2.24, 2.45) is 0 Å². The van der Waals surface area contributed by atoms with E-state index >= 15 is 0 Å². The average molecular weight is 871 g/mol. The summed E-state index contributed by atoms with van der Waals surface area (Å²) in [7, 11) is 0. The molecule has 6 fully saturated rings. The summed E-state index contributed by atoms with van der Waals surface area (Å²) < 4.78 is 86.2. The van der Waals surface area contributed by atoms with Gasteiger partial charge in [-0.15, -0.1) is 0 Å². The first-order valence-corrected chi connectivity index (χ1v) is 24.0. The summed E-state index contributed by atoms with van der Waals surface area (Å²) in [6.45, 7) is 13.2. The van der Waals surface area contributed by atoms with Crippen molar-refractivity contribution in [2.75, 3.05) is 0 Å². The minimum Gasteiger partial charge on any atom is -0.271 e. The molecule has 8 bridgehead atoms. The number of hydrogen-bond acceptors (Lipinski definition) is 12. The summed E-state index contributed by atoms with van der Waals surface area (Å²) in [5.74, 6) is -14.4. The number of allylic oxidation sites excluding steroid dienone is 7. The van der Waals surface area contributed by atoms with E-state index in [1.807, 2.05) is 42.5 Å². The molecule has 6 heterocycles. The van der Waals surface area contributed by atoms with Crippen LogP contribution in [0.2, 0.25) is 0 Å². The number of hydrogen-bond donors (Lipinski definition) is 0. The van der Waals surface area contributed by atoms with E-state index in [4.69, 9.17) is 56.8 Å². The Bertz CT molecular complexity index is 1360. The van der Waals surface area contributed by atoms with Gasteiger partial charge in [0.2, 0.25) is 0 Å². The van der Waals surface area contributed by atoms with Crippen LogP contribution in [-0.4, -0.2) is 48.3 Å². The van der Waals surface area contributed by atoms with Gasteiger partial charge in [-0.2, -0.15) is 0 Å². The molecular formula is C50H78O12. The summed E-state index contributed by atoms with van der Waals surface area (Å²) >= 11 is 0. The van der Waals surface area contributed by atoms with Gasteiger partial charge in [-0.1, -0.05) is 178 Å². The fourth-order valence-corrected chi connectivity index (χ4v) is 7.58. The molecule has 0 aromatic rings. The molecule has 350 valence electrons. The Balaban J connectivity index is 1.87. The third kappa shape index (κ3) is 13.9. The molecule has 0 unspecified atom stereocenters. The van der Waals surface area contributed by atoms with Crippen molar-refractivity contribution in [3.63, 3.8) is 0 Å². The highest BCUT2D eigenvalue weighted by Crippen LogP contribution is 2.58. The van der Waals surface area contributed by atoms with Gasteiger partial charge in [0.05, 0.1) is 0 Å². The van der Waals surface area contributed by atoms with E-state index in [2.05, 4.69) is 91.0 Å². The largest absolute Gasteiger partial charge is 0.299 e. The highest BCUT2D eigenvalue weighted by molar-refractivity contribution is 5.01. The molecule has 62 heavy (non-hydrogen) atoms. The lowest BCUT2D eigenvalue weighted by Crippen LogP contribution is -2.77. The Kier molecular flexibility index (Phi) is 19.9. The van der Waals surface area contributed by atoms with Crippen molar-refractivity contribution in [3.8, 4) is 0 Å². The Morgan fingerprint density at radius 1 is 0.242 bits per heavy atom. The van der Waals surface area contributed by atoms with Crippen LogP contribution in [0, 0.1) is 0 Å². The number of unbranched alkanes of at least 4 members (excludes halogenated alkanes) is 7. The lowest BCUT2D eigenvalue weighted by atomic mass is 10.1. The SMILES string of the molecule is CCC/C=C/CC12OC3OC4(C/C=C/CCC)OC(C/C=C/CCC)(O1)OC1(C/C=C/CCC)OC(C/C=C/CCC)(O2)OC(C/C=C/CCC)(O3)OC(C/C=C/CCC)(O4)O1. The van der Waals surface area contributed by atoms with Gasteiger partial charge in [-0.3, -0.25) is 56.8 Å². The lowest BCUT2D eigenvalue weighted by molar-refractivity contribution is -0.777. The van der Waals surface area contributed by atoms with Gasteiger partial charge in [-0.05, 0) is 44.9 Å². The predicted octanol–water partition coefficient (Wildman–Crippen LogP) is 13.3. The van der Waals surface area contributed by atoms with Crippen molar-refractivity contribution in [2.45, 2.75) is 232 Å².